The maximum Gasteiger partial charge on any atom is 0.130 e. The van der Waals surface area contributed by atoms with Crippen LogP contribution in [0.15, 0.2) is 12.1 Å². The van der Waals surface area contributed by atoms with Gasteiger partial charge in [0.15, 0.2) is 0 Å². The molecule has 2 heterocycles. The highest BCUT2D eigenvalue weighted by atomic mass is 15.2. The summed E-state index contributed by atoms with van der Waals surface area (Å²) in [5, 5.41) is 8.91. The van der Waals surface area contributed by atoms with Crippen molar-refractivity contribution in [3.8, 4) is 6.07 Å². The van der Waals surface area contributed by atoms with Crippen LogP contribution in [0, 0.1) is 24.2 Å². The van der Waals surface area contributed by atoms with E-state index in [-0.39, 0.29) is 0 Å². The van der Waals surface area contributed by atoms with Crippen LogP contribution >= 0.6 is 0 Å². The zero-order chi connectivity index (χ0) is 11.5. The van der Waals surface area contributed by atoms with Crippen molar-refractivity contribution in [2.75, 3.05) is 24.5 Å². The van der Waals surface area contributed by atoms with Crippen molar-refractivity contribution in [2.24, 2.45) is 11.7 Å². The maximum atomic E-state index is 8.91. The molecule has 84 valence electrons. The first-order valence-electron chi connectivity index (χ1n) is 5.56. The number of hydrogen-bond acceptors (Lipinski definition) is 4. The van der Waals surface area contributed by atoms with Crippen LogP contribution in [0.3, 0.4) is 0 Å². The summed E-state index contributed by atoms with van der Waals surface area (Å²) in [5.41, 5.74) is 7.23. The average molecular weight is 216 g/mol. The number of nitrogens with zero attached hydrogens (tertiary/aromatic N) is 3. The van der Waals surface area contributed by atoms with Gasteiger partial charge in [0.05, 0.1) is 11.6 Å². The summed E-state index contributed by atoms with van der Waals surface area (Å²) >= 11 is 0. The summed E-state index contributed by atoms with van der Waals surface area (Å²) in [4.78, 5) is 6.68. The lowest BCUT2D eigenvalue weighted by molar-refractivity contribution is 0.602. The molecule has 1 atom stereocenters. The second-order valence-electron chi connectivity index (χ2n) is 4.30. The van der Waals surface area contributed by atoms with Crippen molar-refractivity contribution in [3.63, 3.8) is 0 Å². The Balaban J connectivity index is 2.21. The van der Waals surface area contributed by atoms with Crippen LogP contribution in [0.5, 0.6) is 0 Å². The van der Waals surface area contributed by atoms with E-state index in [1.807, 2.05) is 13.0 Å². The number of aromatic nitrogens is 1. The minimum atomic E-state index is 0.563. The van der Waals surface area contributed by atoms with Crippen molar-refractivity contribution in [2.45, 2.75) is 13.3 Å². The SMILES string of the molecule is Cc1cc(C#N)cc(N2CCC(CN)C2)n1. The Kier molecular flexibility index (Phi) is 3.07. The second kappa shape index (κ2) is 4.50. The highest BCUT2D eigenvalue weighted by Gasteiger charge is 2.22. The van der Waals surface area contributed by atoms with Gasteiger partial charge in [0, 0.05) is 18.8 Å². The van der Waals surface area contributed by atoms with E-state index in [1.165, 1.54) is 0 Å². The Hall–Kier alpha value is -1.60. The van der Waals surface area contributed by atoms with Gasteiger partial charge in [-0.3, -0.25) is 0 Å². The van der Waals surface area contributed by atoms with Crippen molar-refractivity contribution in [1.82, 2.24) is 4.98 Å². The van der Waals surface area contributed by atoms with Gasteiger partial charge >= 0.3 is 0 Å². The largest absolute Gasteiger partial charge is 0.356 e. The number of anilines is 1. The molecule has 2 N–H and O–H groups in total. The van der Waals surface area contributed by atoms with Crippen LogP contribution in [0.2, 0.25) is 0 Å². The molecule has 1 aromatic rings. The molecule has 1 aromatic heterocycles. The molecule has 0 aliphatic carbocycles. The van der Waals surface area contributed by atoms with Gasteiger partial charge in [-0.1, -0.05) is 0 Å². The summed E-state index contributed by atoms with van der Waals surface area (Å²) < 4.78 is 0. The van der Waals surface area contributed by atoms with Gasteiger partial charge in [-0.25, -0.2) is 4.98 Å². The smallest absolute Gasteiger partial charge is 0.130 e. The molecular weight excluding hydrogens is 200 g/mol. The Morgan fingerprint density at radius 2 is 2.44 bits per heavy atom. The third kappa shape index (κ3) is 2.15. The molecule has 1 aliphatic heterocycles. The van der Waals surface area contributed by atoms with Gasteiger partial charge in [-0.15, -0.1) is 0 Å². The van der Waals surface area contributed by atoms with E-state index in [2.05, 4.69) is 16.0 Å². The average Bonchev–Trinajstić information content (AvgIpc) is 2.76. The van der Waals surface area contributed by atoms with E-state index in [0.29, 0.717) is 11.5 Å². The highest BCUT2D eigenvalue weighted by molar-refractivity contribution is 5.47. The molecule has 4 heteroatoms. The Morgan fingerprint density at radius 1 is 1.62 bits per heavy atom. The Bertz CT molecular complexity index is 422. The summed E-state index contributed by atoms with van der Waals surface area (Å²) in [6.07, 6.45) is 1.12. The van der Waals surface area contributed by atoms with E-state index in [9.17, 15) is 0 Å². The van der Waals surface area contributed by atoms with Crippen LogP contribution in [-0.4, -0.2) is 24.6 Å². The fourth-order valence-electron chi connectivity index (χ4n) is 2.11. The topological polar surface area (TPSA) is 65.9 Å². The van der Waals surface area contributed by atoms with Crippen LogP contribution in [-0.2, 0) is 0 Å². The van der Waals surface area contributed by atoms with Crippen molar-refractivity contribution in [3.05, 3.63) is 23.4 Å². The molecule has 0 saturated carbocycles. The first-order chi connectivity index (χ1) is 7.72. The zero-order valence-corrected chi connectivity index (χ0v) is 9.48. The van der Waals surface area contributed by atoms with Crippen LogP contribution in [0.25, 0.3) is 0 Å². The van der Waals surface area contributed by atoms with Gasteiger partial charge < -0.3 is 10.6 Å². The number of hydrogen-bond donors (Lipinski definition) is 1. The minimum Gasteiger partial charge on any atom is -0.356 e. The minimum absolute atomic E-state index is 0.563. The molecule has 0 radical (unpaired) electrons. The Labute approximate surface area is 95.7 Å². The third-order valence-electron chi connectivity index (χ3n) is 3.01. The standard InChI is InChI=1S/C12H16N4/c1-9-4-11(7-14)5-12(15-9)16-3-2-10(6-13)8-16/h4-5,10H,2-3,6,8,13H2,1H3. The number of nitrogens with two attached hydrogens (primary N) is 1. The van der Waals surface area contributed by atoms with Crippen molar-refractivity contribution in [1.29, 1.82) is 5.26 Å². The molecule has 0 amide bonds. The highest BCUT2D eigenvalue weighted by Crippen LogP contribution is 2.22. The van der Waals surface area contributed by atoms with Gasteiger partial charge in [0.25, 0.3) is 0 Å². The quantitative estimate of drug-likeness (QED) is 0.802. The van der Waals surface area contributed by atoms with E-state index in [0.717, 1.165) is 37.6 Å². The zero-order valence-electron chi connectivity index (χ0n) is 9.48. The monoisotopic (exact) mass is 216 g/mol. The molecule has 1 aliphatic rings. The second-order valence-corrected chi connectivity index (χ2v) is 4.30. The van der Waals surface area contributed by atoms with E-state index >= 15 is 0 Å². The summed E-state index contributed by atoms with van der Waals surface area (Å²) in [6.45, 7) is 4.59. The molecule has 1 fully saturated rings. The first-order valence-corrected chi connectivity index (χ1v) is 5.56. The molecule has 1 saturated heterocycles. The lowest BCUT2D eigenvalue weighted by Gasteiger charge is -2.17. The van der Waals surface area contributed by atoms with Crippen molar-refractivity contribution < 1.29 is 0 Å². The first kappa shape index (κ1) is 10.9. The number of nitriles is 1. The molecule has 0 spiro atoms. The number of pyridine rings is 1. The number of aryl methyl sites for hydroxylation is 1. The fourth-order valence-corrected chi connectivity index (χ4v) is 2.11. The number of rotatable bonds is 2. The fraction of sp³-hybridized carbons (Fsp3) is 0.500. The van der Waals surface area contributed by atoms with Gasteiger partial charge in [0.1, 0.15) is 5.82 Å². The van der Waals surface area contributed by atoms with E-state index in [1.54, 1.807) is 6.07 Å². The maximum absolute atomic E-state index is 8.91. The summed E-state index contributed by atoms with van der Waals surface area (Å²) in [5.74, 6) is 1.47. The predicted molar refractivity (Wildman–Crippen MR) is 63.1 cm³/mol. The molecule has 0 bridgehead atoms. The van der Waals surface area contributed by atoms with Gasteiger partial charge in [0.2, 0.25) is 0 Å². The van der Waals surface area contributed by atoms with E-state index < -0.39 is 0 Å². The molecule has 4 nitrogen and oxygen atoms in total. The molecule has 0 aromatic carbocycles. The molecular formula is C12H16N4. The van der Waals surface area contributed by atoms with Gasteiger partial charge in [-0.05, 0) is 37.9 Å². The van der Waals surface area contributed by atoms with Crippen molar-refractivity contribution >= 4 is 5.82 Å². The van der Waals surface area contributed by atoms with E-state index in [4.69, 9.17) is 11.0 Å². The summed E-state index contributed by atoms with van der Waals surface area (Å²) in [7, 11) is 0. The lowest BCUT2D eigenvalue weighted by Crippen LogP contribution is -2.23. The molecule has 1 unspecified atom stereocenters. The Morgan fingerprint density at radius 3 is 3.06 bits per heavy atom. The van der Waals surface area contributed by atoms with Crippen LogP contribution < -0.4 is 10.6 Å². The molecule has 16 heavy (non-hydrogen) atoms. The lowest BCUT2D eigenvalue weighted by atomic mass is 10.1. The predicted octanol–water partition coefficient (Wildman–Crippen LogP) is 1.05. The summed E-state index contributed by atoms with van der Waals surface area (Å²) in [6, 6.07) is 5.82. The van der Waals surface area contributed by atoms with Crippen LogP contribution in [0.4, 0.5) is 5.82 Å². The van der Waals surface area contributed by atoms with Crippen LogP contribution in [0.1, 0.15) is 17.7 Å². The normalized spacial score (nSPS) is 19.8. The third-order valence-corrected chi connectivity index (χ3v) is 3.01. The molecule has 2 rings (SSSR count). The van der Waals surface area contributed by atoms with Gasteiger partial charge in [-0.2, -0.15) is 5.26 Å².